The Hall–Kier alpha value is -2.59. The van der Waals surface area contributed by atoms with E-state index in [1.54, 1.807) is 0 Å². The van der Waals surface area contributed by atoms with Crippen molar-refractivity contribution in [3.63, 3.8) is 0 Å². The summed E-state index contributed by atoms with van der Waals surface area (Å²) in [7, 11) is 0. The van der Waals surface area contributed by atoms with Crippen molar-refractivity contribution in [2.24, 2.45) is 0 Å². The first kappa shape index (κ1) is 15.0. The maximum Gasteiger partial charge on any atom is 0.163 e. The number of hydrogen-bond acceptors (Lipinski definition) is 4. The van der Waals surface area contributed by atoms with E-state index in [1.807, 2.05) is 60.7 Å². The Kier molecular flexibility index (Phi) is 4.05. The van der Waals surface area contributed by atoms with Crippen LogP contribution in [0.25, 0.3) is 11.4 Å². The lowest BCUT2D eigenvalue weighted by atomic mass is 10.2. The average Bonchev–Trinajstić information content (AvgIpc) is 3.42. The Morgan fingerprint density at radius 2 is 1.58 bits per heavy atom. The molecule has 0 atom stereocenters. The van der Waals surface area contributed by atoms with Gasteiger partial charge >= 0.3 is 0 Å². The van der Waals surface area contributed by atoms with Gasteiger partial charge in [-0.3, -0.25) is 0 Å². The van der Waals surface area contributed by atoms with Crippen LogP contribution in [0, 0.1) is 0 Å². The van der Waals surface area contributed by atoms with Gasteiger partial charge < -0.3 is 10.6 Å². The van der Waals surface area contributed by atoms with E-state index in [0.717, 1.165) is 22.9 Å². The van der Waals surface area contributed by atoms with Crippen molar-refractivity contribution in [1.29, 1.82) is 0 Å². The summed E-state index contributed by atoms with van der Waals surface area (Å²) in [5, 5.41) is 7.40. The van der Waals surface area contributed by atoms with E-state index in [4.69, 9.17) is 11.6 Å². The van der Waals surface area contributed by atoms with Crippen molar-refractivity contribution >= 4 is 28.9 Å². The van der Waals surface area contributed by atoms with E-state index >= 15 is 0 Å². The smallest absolute Gasteiger partial charge is 0.163 e. The fourth-order valence-electron chi connectivity index (χ4n) is 2.44. The number of halogens is 1. The van der Waals surface area contributed by atoms with E-state index < -0.39 is 0 Å². The molecule has 120 valence electrons. The molecule has 0 amide bonds. The van der Waals surface area contributed by atoms with Crippen LogP contribution in [-0.2, 0) is 0 Å². The van der Waals surface area contributed by atoms with E-state index in [-0.39, 0.29) is 0 Å². The molecule has 2 aromatic carbocycles. The molecule has 0 spiro atoms. The number of para-hydroxylation sites is 1. The Balaban J connectivity index is 1.71. The second kappa shape index (κ2) is 6.49. The lowest BCUT2D eigenvalue weighted by Crippen LogP contribution is -2.06. The maximum absolute atomic E-state index is 6.24. The zero-order valence-corrected chi connectivity index (χ0v) is 13.8. The molecule has 1 aromatic heterocycles. The molecule has 24 heavy (non-hydrogen) atoms. The molecular formula is C19H17ClN4. The van der Waals surface area contributed by atoms with Gasteiger partial charge in [-0.2, -0.15) is 0 Å². The lowest BCUT2D eigenvalue weighted by molar-refractivity contribution is 1.09. The molecule has 5 heteroatoms. The standard InChI is InChI=1S/C19H17ClN4/c20-15-8-4-5-9-16(15)22-18-12-17(21-14-10-11-14)23-19(24-18)13-6-2-1-3-7-13/h1-9,12,14H,10-11H2,(H2,21,22,23,24). The van der Waals surface area contributed by atoms with Crippen molar-refractivity contribution in [3.8, 4) is 11.4 Å². The van der Waals surface area contributed by atoms with E-state index in [1.165, 1.54) is 12.8 Å². The summed E-state index contributed by atoms with van der Waals surface area (Å²) >= 11 is 6.24. The molecule has 0 aliphatic heterocycles. The normalized spacial score (nSPS) is 13.5. The predicted octanol–water partition coefficient (Wildman–Crippen LogP) is 5.11. The van der Waals surface area contributed by atoms with Crippen LogP contribution in [0.3, 0.4) is 0 Å². The first-order chi connectivity index (χ1) is 11.8. The van der Waals surface area contributed by atoms with E-state index in [0.29, 0.717) is 16.9 Å². The highest BCUT2D eigenvalue weighted by molar-refractivity contribution is 6.33. The number of anilines is 3. The molecule has 2 N–H and O–H groups in total. The topological polar surface area (TPSA) is 49.8 Å². The third kappa shape index (κ3) is 3.49. The first-order valence-corrected chi connectivity index (χ1v) is 8.38. The third-order valence-corrected chi connectivity index (χ3v) is 4.15. The van der Waals surface area contributed by atoms with Crippen molar-refractivity contribution < 1.29 is 0 Å². The minimum atomic E-state index is 0.525. The van der Waals surface area contributed by atoms with Gasteiger partial charge in [0.1, 0.15) is 11.6 Å². The van der Waals surface area contributed by atoms with Crippen LogP contribution < -0.4 is 10.6 Å². The SMILES string of the molecule is Clc1ccccc1Nc1cc(NC2CC2)nc(-c2ccccc2)n1. The molecule has 0 bridgehead atoms. The molecule has 1 heterocycles. The number of nitrogens with zero attached hydrogens (tertiary/aromatic N) is 2. The zero-order chi connectivity index (χ0) is 16.4. The van der Waals surface area contributed by atoms with Crippen molar-refractivity contribution in [2.45, 2.75) is 18.9 Å². The quantitative estimate of drug-likeness (QED) is 0.679. The second-order valence-electron chi connectivity index (χ2n) is 5.85. The monoisotopic (exact) mass is 336 g/mol. The molecular weight excluding hydrogens is 320 g/mol. The fourth-order valence-corrected chi connectivity index (χ4v) is 2.62. The number of aromatic nitrogens is 2. The summed E-state index contributed by atoms with van der Waals surface area (Å²) in [5.41, 5.74) is 1.81. The van der Waals surface area contributed by atoms with Gasteiger partial charge in [0, 0.05) is 17.7 Å². The minimum absolute atomic E-state index is 0.525. The summed E-state index contributed by atoms with van der Waals surface area (Å²) in [6, 6.07) is 20.1. The highest BCUT2D eigenvalue weighted by Crippen LogP contribution is 2.29. The molecule has 4 nitrogen and oxygen atoms in total. The fraction of sp³-hybridized carbons (Fsp3) is 0.158. The van der Waals surface area contributed by atoms with Crippen molar-refractivity contribution in [2.75, 3.05) is 10.6 Å². The summed E-state index contributed by atoms with van der Waals surface area (Å²) in [5.74, 6) is 2.25. The third-order valence-electron chi connectivity index (χ3n) is 3.82. The van der Waals surface area contributed by atoms with Crippen LogP contribution in [0.2, 0.25) is 5.02 Å². The van der Waals surface area contributed by atoms with Gasteiger partial charge in [-0.15, -0.1) is 0 Å². The predicted molar refractivity (Wildman–Crippen MR) is 98.8 cm³/mol. The summed E-state index contributed by atoms with van der Waals surface area (Å²) in [6.45, 7) is 0. The molecule has 1 saturated carbocycles. The molecule has 0 radical (unpaired) electrons. The zero-order valence-electron chi connectivity index (χ0n) is 13.0. The first-order valence-electron chi connectivity index (χ1n) is 8.00. The minimum Gasteiger partial charge on any atom is -0.367 e. The molecule has 0 unspecified atom stereocenters. The van der Waals surface area contributed by atoms with Crippen LogP contribution in [-0.4, -0.2) is 16.0 Å². The molecule has 1 aliphatic carbocycles. The molecule has 4 rings (SSSR count). The van der Waals surface area contributed by atoms with Gasteiger partial charge in [0.15, 0.2) is 5.82 Å². The Morgan fingerprint density at radius 1 is 0.875 bits per heavy atom. The molecule has 1 fully saturated rings. The summed E-state index contributed by atoms with van der Waals surface area (Å²) in [6.07, 6.45) is 2.38. The Bertz CT molecular complexity index is 847. The highest BCUT2D eigenvalue weighted by atomic mass is 35.5. The Morgan fingerprint density at radius 3 is 2.33 bits per heavy atom. The molecule has 1 aliphatic rings. The molecule has 0 saturated heterocycles. The van der Waals surface area contributed by atoms with Gasteiger partial charge in [0.25, 0.3) is 0 Å². The van der Waals surface area contributed by atoms with E-state index in [2.05, 4.69) is 20.6 Å². The largest absolute Gasteiger partial charge is 0.367 e. The van der Waals surface area contributed by atoms with Crippen LogP contribution >= 0.6 is 11.6 Å². The number of nitrogens with one attached hydrogen (secondary N) is 2. The molecule has 3 aromatic rings. The number of rotatable bonds is 5. The van der Waals surface area contributed by atoms with Crippen molar-refractivity contribution in [3.05, 3.63) is 65.7 Å². The van der Waals surface area contributed by atoms with Crippen LogP contribution in [0.5, 0.6) is 0 Å². The van der Waals surface area contributed by atoms with Crippen LogP contribution in [0.4, 0.5) is 17.3 Å². The number of benzene rings is 2. The van der Waals surface area contributed by atoms with Gasteiger partial charge in [-0.1, -0.05) is 54.1 Å². The van der Waals surface area contributed by atoms with Gasteiger partial charge in [0.05, 0.1) is 10.7 Å². The summed E-state index contributed by atoms with van der Waals surface area (Å²) < 4.78 is 0. The van der Waals surface area contributed by atoms with Gasteiger partial charge in [0.2, 0.25) is 0 Å². The summed E-state index contributed by atoms with van der Waals surface area (Å²) in [4.78, 5) is 9.30. The van der Waals surface area contributed by atoms with Gasteiger partial charge in [-0.25, -0.2) is 9.97 Å². The Labute approximate surface area is 145 Å². The van der Waals surface area contributed by atoms with Gasteiger partial charge in [-0.05, 0) is 25.0 Å². The number of hydrogen-bond donors (Lipinski definition) is 2. The maximum atomic E-state index is 6.24. The second-order valence-corrected chi connectivity index (χ2v) is 6.26. The van der Waals surface area contributed by atoms with Crippen molar-refractivity contribution in [1.82, 2.24) is 9.97 Å². The average molecular weight is 337 g/mol. The van der Waals surface area contributed by atoms with Crippen LogP contribution in [0.1, 0.15) is 12.8 Å². The van der Waals surface area contributed by atoms with E-state index in [9.17, 15) is 0 Å². The lowest BCUT2D eigenvalue weighted by Gasteiger charge is -2.12. The highest BCUT2D eigenvalue weighted by Gasteiger charge is 2.22. The van der Waals surface area contributed by atoms with Crippen LogP contribution in [0.15, 0.2) is 60.7 Å².